The molecule has 0 aromatic rings. The molecule has 0 aromatic heterocycles. The van der Waals surface area contributed by atoms with E-state index in [0.29, 0.717) is 5.92 Å². The number of carboxylic acid groups (broad SMARTS) is 1. The summed E-state index contributed by atoms with van der Waals surface area (Å²) in [4.78, 5) is 12.0. The lowest BCUT2D eigenvalue weighted by molar-refractivity contribution is -0.159. The highest BCUT2D eigenvalue weighted by atomic mass is 16.4. The SMILES string of the molecule is CC(C)C1CCC2=C(CC[C@H]3[C@](C)(C(=O)O)CCC[C@]23C)C1. The van der Waals surface area contributed by atoms with Crippen LogP contribution >= 0.6 is 0 Å². The number of rotatable bonds is 2. The van der Waals surface area contributed by atoms with E-state index >= 15 is 0 Å². The van der Waals surface area contributed by atoms with Gasteiger partial charge in [0.05, 0.1) is 5.41 Å². The van der Waals surface area contributed by atoms with Gasteiger partial charge in [0.2, 0.25) is 0 Å². The van der Waals surface area contributed by atoms with Crippen LogP contribution in [0.1, 0.15) is 79.1 Å². The molecule has 1 unspecified atom stereocenters. The van der Waals surface area contributed by atoms with Gasteiger partial charge in [0.1, 0.15) is 0 Å². The highest BCUT2D eigenvalue weighted by Gasteiger charge is 2.56. The summed E-state index contributed by atoms with van der Waals surface area (Å²) >= 11 is 0. The van der Waals surface area contributed by atoms with Gasteiger partial charge < -0.3 is 5.11 Å². The van der Waals surface area contributed by atoms with Crippen LogP contribution < -0.4 is 0 Å². The maximum absolute atomic E-state index is 12.0. The highest BCUT2D eigenvalue weighted by Crippen LogP contribution is 2.62. The third-order valence-electron chi connectivity index (χ3n) is 7.49. The lowest BCUT2D eigenvalue weighted by Crippen LogP contribution is -2.51. The quantitative estimate of drug-likeness (QED) is 0.691. The summed E-state index contributed by atoms with van der Waals surface area (Å²) < 4.78 is 0. The first-order valence-corrected chi connectivity index (χ1v) is 9.24. The predicted molar refractivity (Wildman–Crippen MR) is 89.6 cm³/mol. The van der Waals surface area contributed by atoms with E-state index in [4.69, 9.17) is 0 Å². The van der Waals surface area contributed by atoms with Crippen molar-refractivity contribution < 1.29 is 9.90 Å². The van der Waals surface area contributed by atoms with Crippen molar-refractivity contribution in [1.82, 2.24) is 0 Å². The molecule has 22 heavy (non-hydrogen) atoms. The topological polar surface area (TPSA) is 37.3 Å². The molecule has 3 rings (SSSR count). The van der Waals surface area contributed by atoms with Crippen LogP contribution in [0.5, 0.6) is 0 Å². The summed E-state index contributed by atoms with van der Waals surface area (Å²) in [6, 6.07) is 0. The van der Waals surface area contributed by atoms with Gasteiger partial charge in [0.15, 0.2) is 0 Å². The fourth-order valence-electron chi connectivity index (χ4n) is 6.01. The molecule has 1 N–H and O–H groups in total. The molecular formula is C20H32O2. The van der Waals surface area contributed by atoms with Crippen LogP contribution in [0.2, 0.25) is 0 Å². The Morgan fingerprint density at radius 3 is 2.55 bits per heavy atom. The summed E-state index contributed by atoms with van der Waals surface area (Å²) in [7, 11) is 0. The number of hydrogen-bond acceptors (Lipinski definition) is 1. The number of fused-ring (bicyclic) bond motifs is 2. The van der Waals surface area contributed by atoms with Crippen molar-refractivity contribution in [3.63, 3.8) is 0 Å². The van der Waals surface area contributed by atoms with Gasteiger partial charge in [-0.3, -0.25) is 4.79 Å². The standard InChI is InChI=1S/C20H32O2/c1-13(2)14-6-8-16-15(12-14)7-9-17-19(16,3)10-5-11-20(17,4)18(21)22/h13-14,17H,5-12H2,1-4H3,(H,21,22)/t14?,17-,19-,20-/m1/s1. The second kappa shape index (κ2) is 5.39. The molecule has 0 aliphatic heterocycles. The lowest BCUT2D eigenvalue weighted by Gasteiger charge is -2.56. The minimum Gasteiger partial charge on any atom is -0.481 e. The van der Waals surface area contributed by atoms with Crippen LogP contribution in [0.25, 0.3) is 0 Å². The van der Waals surface area contributed by atoms with E-state index in [-0.39, 0.29) is 5.41 Å². The van der Waals surface area contributed by atoms with Gasteiger partial charge in [-0.1, -0.05) is 38.3 Å². The molecular weight excluding hydrogens is 272 g/mol. The summed E-state index contributed by atoms with van der Waals surface area (Å²) in [5.41, 5.74) is 3.02. The second-order valence-electron chi connectivity index (χ2n) is 8.91. The van der Waals surface area contributed by atoms with Crippen molar-refractivity contribution in [1.29, 1.82) is 0 Å². The number of allylic oxidation sites excluding steroid dienone is 2. The minimum absolute atomic E-state index is 0.154. The van der Waals surface area contributed by atoms with Crippen LogP contribution in [0.15, 0.2) is 11.1 Å². The first-order chi connectivity index (χ1) is 10.3. The lowest BCUT2D eigenvalue weighted by atomic mass is 9.48. The monoisotopic (exact) mass is 304 g/mol. The van der Waals surface area contributed by atoms with Crippen molar-refractivity contribution in [3.8, 4) is 0 Å². The average Bonchev–Trinajstić information content (AvgIpc) is 2.46. The molecule has 3 aliphatic rings. The van der Waals surface area contributed by atoms with E-state index in [0.717, 1.165) is 37.5 Å². The summed E-state index contributed by atoms with van der Waals surface area (Å²) in [6.45, 7) is 9.11. The van der Waals surface area contributed by atoms with E-state index in [2.05, 4.69) is 20.8 Å². The minimum atomic E-state index is -0.566. The van der Waals surface area contributed by atoms with Gasteiger partial charge in [-0.25, -0.2) is 0 Å². The number of carbonyl (C=O) groups is 1. The predicted octanol–water partition coefficient (Wildman–Crippen LogP) is 5.43. The first-order valence-electron chi connectivity index (χ1n) is 9.24. The highest BCUT2D eigenvalue weighted by molar-refractivity contribution is 5.75. The summed E-state index contributed by atoms with van der Waals surface area (Å²) in [5, 5.41) is 9.85. The molecule has 0 saturated heterocycles. The largest absolute Gasteiger partial charge is 0.481 e. The number of hydrogen-bond donors (Lipinski definition) is 1. The molecule has 1 saturated carbocycles. The van der Waals surface area contributed by atoms with Gasteiger partial charge >= 0.3 is 5.97 Å². The molecule has 0 aromatic carbocycles. The van der Waals surface area contributed by atoms with Crippen molar-refractivity contribution in [3.05, 3.63) is 11.1 Å². The molecule has 124 valence electrons. The Bertz CT molecular complexity index is 504. The zero-order valence-corrected chi connectivity index (χ0v) is 14.7. The molecule has 2 heteroatoms. The third kappa shape index (κ3) is 2.25. The summed E-state index contributed by atoms with van der Waals surface area (Å²) in [6.07, 6.45) is 9.18. The van der Waals surface area contributed by atoms with Crippen molar-refractivity contribution in [2.75, 3.05) is 0 Å². The normalized spacial score (nSPS) is 42.0. The Kier molecular flexibility index (Phi) is 3.94. The third-order valence-corrected chi connectivity index (χ3v) is 7.49. The molecule has 4 atom stereocenters. The van der Waals surface area contributed by atoms with Crippen molar-refractivity contribution in [2.45, 2.75) is 79.1 Å². The first kappa shape index (κ1) is 16.1. The maximum atomic E-state index is 12.0. The van der Waals surface area contributed by atoms with Crippen LogP contribution in [0.4, 0.5) is 0 Å². The van der Waals surface area contributed by atoms with Crippen molar-refractivity contribution in [2.24, 2.45) is 28.6 Å². The van der Waals surface area contributed by atoms with Crippen LogP contribution in [0.3, 0.4) is 0 Å². The average molecular weight is 304 g/mol. The van der Waals surface area contributed by atoms with Crippen LogP contribution in [0, 0.1) is 28.6 Å². The molecule has 0 amide bonds. The molecule has 0 radical (unpaired) electrons. The summed E-state index contributed by atoms with van der Waals surface area (Å²) in [5.74, 6) is 1.38. The Morgan fingerprint density at radius 2 is 1.91 bits per heavy atom. The smallest absolute Gasteiger partial charge is 0.309 e. The molecule has 0 spiro atoms. The molecule has 0 heterocycles. The van der Waals surface area contributed by atoms with Crippen LogP contribution in [-0.4, -0.2) is 11.1 Å². The Hall–Kier alpha value is -0.790. The van der Waals surface area contributed by atoms with Crippen molar-refractivity contribution >= 4 is 5.97 Å². The number of aliphatic carboxylic acids is 1. The van der Waals surface area contributed by atoms with Gasteiger partial charge in [-0.15, -0.1) is 0 Å². The van der Waals surface area contributed by atoms with E-state index in [1.54, 1.807) is 11.1 Å². The zero-order chi connectivity index (χ0) is 16.1. The van der Waals surface area contributed by atoms with Crippen LogP contribution in [-0.2, 0) is 4.79 Å². The van der Waals surface area contributed by atoms with E-state index in [9.17, 15) is 9.90 Å². The van der Waals surface area contributed by atoms with E-state index < -0.39 is 11.4 Å². The fraction of sp³-hybridized carbons (Fsp3) is 0.850. The Morgan fingerprint density at radius 1 is 1.18 bits per heavy atom. The van der Waals surface area contributed by atoms with E-state index in [1.807, 2.05) is 6.92 Å². The maximum Gasteiger partial charge on any atom is 0.309 e. The van der Waals surface area contributed by atoms with Gasteiger partial charge in [-0.2, -0.15) is 0 Å². The van der Waals surface area contributed by atoms with E-state index in [1.165, 1.54) is 25.7 Å². The van der Waals surface area contributed by atoms with Gasteiger partial charge in [0, 0.05) is 0 Å². The van der Waals surface area contributed by atoms with Gasteiger partial charge in [0.25, 0.3) is 0 Å². The Labute approximate surface area is 135 Å². The molecule has 1 fully saturated rings. The van der Waals surface area contributed by atoms with Gasteiger partial charge in [-0.05, 0) is 75.0 Å². The second-order valence-corrected chi connectivity index (χ2v) is 8.91. The molecule has 2 nitrogen and oxygen atoms in total. The molecule has 0 bridgehead atoms. The zero-order valence-electron chi connectivity index (χ0n) is 14.7. The number of carboxylic acids is 1. The molecule has 3 aliphatic carbocycles. The Balaban J connectivity index is 1.96. The fourth-order valence-corrected chi connectivity index (χ4v) is 6.01.